The Labute approximate surface area is 336 Å². The molecule has 6 nitrogen and oxygen atoms in total. The van der Waals surface area contributed by atoms with Crippen LogP contribution in [0.2, 0.25) is 0 Å². The van der Waals surface area contributed by atoms with Crippen molar-refractivity contribution in [3.63, 3.8) is 0 Å². The molecule has 54 heavy (non-hydrogen) atoms. The smallest absolute Gasteiger partial charge is 0.306 e. The fraction of sp³-hybridized carbons (Fsp3) is 0.938. The van der Waals surface area contributed by atoms with Gasteiger partial charge in [0, 0.05) is 19.3 Å². The van der Waals surface area contributed by atoms with Gasteiger partial charge in [-0.2, -0.15) is 0 Å². The summed E-state index contributed by atoms with van der Waals surface area (Å²) in [5.41, 5.74) is 0. The fourth-order valence-corrected chi connectivity index (χ4v) is 7.11. The van der Waals surface area contributed by atoms with Crippen molar-refractivity contribution in [1.29, 1.82) is 0 Å². The summed E-state index contributed by atoms with van der Waals surface area (Å²) in [5, 5.41) is 0. The minimum absolute atomic E-state index is 0.0650. The number of ether oxygens (including phenoxy) is 3. The van der Waals surface area contributed by atoms with Gasteiger partial charge >= 0.3 is 17.9 Å². The molecule has 1 atom stereocenters. The third-order valence-corrected chi connectivity index (χ3v) is 10.7. The molecule has 0 aromatic heterocycles. The molecule has 0 aromatic carbocycles. The quantitative estimate of drug-likeness (QED) is 0.0350. The second kappa shape index (κ2) is 41.1. The van der Waals surface area contributed by atoms with E-state index in [9.17, 15) is 14.4 Å². The normalized spacial score (nSPS) is 12.1. The Morgan fingerprint density at radius 3 is 0.907 bits per heavy atom. The number of hydrogen-bond acceptors (Lipinski definition) is 6. The number of unbranched alkanes of at least 4 members (excludes halogenated alkanes) is 27. The molecule has 0 radical (unpaired) electrons. The van der Waals surface area contributed by atoms with Crippen molar-refractivity contribution in [3.05, 3.63) is 0 Å². The fourth-order valence-electron chi connectivity index (χ4n) is 7.11. The number of rotatable bonds is 42. The Kier molecular flexibility index (Phi) is 39.8. The van der Waals surface area contributed by atoms with Gasteiger partial charge in [0.2, 0.25) is 0 Å². The molecule has 0 aliphatic carbocycles. The van der Waals surface area contributed by atoms with E-state index in [0.29, 0.717) is 19.3 Å². The molecule has 0 spiro atoms. The summed E-state index contributed by atoms with van der Waals surface area (Å²) in [6.45, 7) is 11.3. The molecule has 0 unspecified atom stereocenters. The van der Waals surface area contributed by atoms with Crippen LogP contribution in [0.25, 0.3) is 0 Å². The van der Waals surface area contributed by atoms with Crippen LogP contribution in [0.15, 0.2) is 0 Å². The van der Waals surface area contributed by atoms with Gasteiger partial charge in [0.05, 0.1) is 0 Å². The number of esters is 3. The van der Waals surface area contributed by atoms with E-state index in [2.05, 4.69) is 34.6 Å². The Hall–Kier alpha value is -1.59. The van der Waals surface area contributed by atoms with Gasteiger partial charge in [0.15, 0.2) is 6.10 Å². The summed E-state index contributed by atoms with van der Waals surface area (Å²) in [6.07, 6.45) is 39.5. The third-order valence-electron chi connectivity index (χ3n) is 10.7. The molecule has 0 aliphatic heterocycles. The maximum absolute atomic E-state index is 12.7. The highest BCUT2D eigenvalue weighted by atomic mass is 16.6. The van der Waals surface area contributed by atoms with E-state index in [-0.39, 0.29) is 31.1 Å². The predicted octanol–water partition coefficient (Wildman–Crippen LogP) is 15.0. The largest absolute Gasteiger partial charge is 0.462 e. The lowest BCUT2D eigenvalue weighted by Crippen LogP contribution is -2.30. The van der Waals surface area contributed by atoms with Crippen LogP contribution < -0.4 is 0 Å². The molecule has 0 N–H and O–H groups in total. The van der Waals surface area contributed by atoms with Crippen molar-refractivity contribution in [2.45, 2.75) is 265 Å². The van der Waals surface area contributed by atoms with Gasteiger partial charge in [-0.05, 0) is 31.1 Å². The summed E-state index contributed by atoms with van der Waals surface area (Å²) in [7, 11) is 0. The van der Waals surface area contributed by atoms with Crippen LogP contribution in [-0.4, -0.2) is 37.2 Å². The van der Waals surface area contributed by atoms with Crippen LogP contribution in [0, 0.1) is 11.8 Å². The van der Waals surface area contributed by atoms with Gasteiger partial charge < -0.3 is 14.2 Å². The van der Waals surface area contributed by atoms with E-state index in [1.165, 1.54) is 148 Å². The molecule has 0 bridgehead atoms. The lowest BCUT2D eigenvalue weighted by atomic mass is 10.0. The minimum atomic E-state index is -0.761. The first-order valence-electron chi connectivity index (χ1n) is 23.7. The van der Waals surface area contributed by atoms with Crippen molar-refractivity contribution in [2.24, 2.45) is 11.8 Å². The molecule has 0 saturated heterocycles. The van der Waals surface area contributed by atoms with Crippen molar-refractivity contribution >= 4 is 17.9 Å². The van der Waals surface area contributed by atoms with Crippen LogP contribution in [0.1, 0.15) is 259 Å². The van der Waals surface area contributed by atoms with Gasteiger partial charge in [-0.15, -0.1) is 0 Å². The average molecular weight is 765 g/mol. The van der Waals surface area contributed by atoms with E-state index in [1.807, 2.05) is 0 Å². The maximum Gasteiger partial charge on any atom is 0.306 e. The number of carbonyl (C=O) groups excluding carboxylic acids is 3. The zero-order valence-electron chi connectivity index (χ0n) is 36.8. The Bertz CT molecular complexity index is 824. The second-order valence-corrected chi connectivity index (χ2v) is 17.3. The lowest BCUT2D eigenvalue weighted by Gasteiger charge is -2.18. The van der Waals surface area contributed by atoms with Crippen LogP contribution in [0.3, 0.4) is 0 Å². The Morgan fingerprint density at radius 2 is 0.611 bits per heavy atom. The minimum Gasteiger partial charge on any atom is -0.462 e. The molecule has 0 heterocycles. The molecule has 320 valence electrons. The molecule has 0 amide bonds. The number of hydrogen-bond donors (Lipinski definition) is 0. The first-order valence-corrected chi connectivity index (χ1v) is 23.7. The highest BCUT2D eigenvalue weighted by Crippen LogP contribution is 2.17. The third kappa shape index (κ3) is 41.6. The Balaban J connectivity index is 4.32. The molecule has 6 heteroatoms. The average Bonchev–Trinajstić information content (AvgIpc) is 3.14. The Morgan fingerprint density at radius 1 is 0.352 bits per heavy atom. The standard InChI is InChI=1S/C48H92O6/c1-6-7-8-9-10-11-12-13-14-15-16-23-28-33-38-46(49)52-41-45(54-48(51)40-35-30-25-20-18-22-27-32-37-44(4)5)42-53-47(50)39-34-29-24-19-17-21-26-31-36-43(2)3/h43-45H,6-42H2,1-5H3/t45-/m0/s1. The topological polar surface area (TPSA) is 78.9 Å². The molecule has 0 saturated carbocycles. The van der Waals surface area contributed by atoms with Crippen molar-refractivity contribution in [2.75, 3.05) is 13.2 Å². The predicted molar refractivity (Wildman–Crippen MR) is 229 cm³/mol. The van der Waals surface area contributed by atoms with Gasteiger partial charge in [-0.3, -0.25) is 14.4 Å². The summed E-state index contributed by atoms with van der Waals surface area (Å²) in [5.74, 6) is 0.732. The monoisotopic (exact) mass is 765 g/mol. The molecule has 0 aliphatic rings. The maximum atomic E-state index is 12.7. The van der Waals surface area contributed by atoms with Crippen LogP contribution >= 0.6 is 0 Å². The summed E-state index contributed by atoms with van der Waals surface area (Å²) in [4.78, 5) is 37.7. The highest BCUT2D eigenvalue weighted by Gasteiger charge is 2.19. The van der Waals surface area contributed by atoms with Crippen molar-refractivity contribution in [1.82, 2.24) is 0 Å². The lowest BCUT2D eigenvalue weighted by molar-refractivity contribution is -0.167. The van der Waals surface area contributed by atoms with E-state index in [0.717, 1.165) is 69.6 Å². The highest BCUT2D eigenvalue weighted by molar-refractivity contribution is 5.71. The summed E-state index contributed by atoms with van der Waals surface area (Å²) >= 11 is 0. The van der Waals surface area contributed by atoms with E-state index >= 15 is 0 Å². The summed E-state index contributed by atoms with van der Waals surface area (Å²) < 4.78 is 16.7. The first-order chi connectivity index (χ1) is 26.2. The van der Waals surface area contributed by atoms with Gasteiger partial charge in [0.25, 0.3) is 0 Å². The first kappa shape index (κ1) is 52.4. The molecule has 0 aromatic rings. The summed E-state index contributed by atoms with van der Waals surface area (Å²) in [6, 6.07) is 0. The van der Waals surface area contributed by atoms with Crippen molar-refractivity contribution < 1.29 is 28.6 Å². The van der Waals surface area contributed by atoms with E-state index in [4.69, 9.17) is 14.2 Å². The molecular weight excluding hydrogens is 673 g/mol. The number of carbonyl (C=O) groups is 3. The van der Waals surface area contributed by atoms with Gasteiger partial charge in [-0.25, -0.2) is 0 Å². The van der Waals surface area contributed by atoms with Gasteiger partial charge in [0.1, 0.15) is 13.2 Å². The van der Waals surface area contributed by atoms with Crippen LogP contribution in [0.5, 0.6) is 0 Å². The molecule has 0 fully saturated rings. The van der Waals surface area contributed by atoms with Crippen LogP contribution in [0.4, 0.5) is 0 Å². The van der Waals surface area contributed by atoms with Gasteiger partial charge in [-0.1, -0.05) is 221 Å². The van der Waals surface area contributed by atoms with Crippen molar-refractivity contribution in [3.8, 4) is 0 Å². The second-order valence-electron chi connectivity index (χ2n) is 17.3. The molecule has 0 rings (SSSR count). The van der Waals surface area contributed by atoms with E-state index < -0.39 is 6.10 Å². The SMILES string of the molecule is CCCCCCCCCCCCCCCCC(=O)OC[C@@H](COC(=O)CCCCCCCCCCC(C)C)OC(=O)CCCCCCCCCCC(C)C. The van der Waals surface area contributed by atoms with E-state index in [1.54, 1.807) is 0 Å². The zero-order valence-corrected chi connectivity index (χ0v) is 36.8. The zero-order chi connectivity index (χ0) is 39.7. The van der Waals surface area contributed by atoms with Crippen LogP contribution in [-0.2, 0) is 28.6 Å². The molecular formula is C48H92O6.